The lowest BCUT2D eigenvalue weighted by Gasteiger charge is -2.02. The number of hydrogen-bond donors (Lipinski definition) is 1. The number of nitrogens with one attached hydrogen (secondary N) is 1. The van der Waals surface area contributed by atoms with Crippen LogP contribution >= 0.6 is 11.3 Å². The Bertz CT molecular complexity index is 867. The minimum Gasteiger partial charge on any atom is -0.451 e. The van der Waals surface area contributed by atoms with Crippen LogP contribution in [0.5, 0.6) is 0 Å². The van der Waals surface area contributed by atoms with Crippen molar-refractivity contribution in [2.45, 2.75) is 6.92 Å². The predicted molar refractivity (Wildman–Crippen MR) is 88.0 cm³/mol. The van der Waals surface area contributed by atoms with Crippen LogP contribution in [0.15, 0.2) is 36.4 Å². The number of amides is 1. The number of ether oxygens (including phenoxy) is 1. The summed E-state index contributed by atoms with van der Waals surface area (Å²) in [4.78, 5) is 24.6. The van der Waals surface area contributed by atoms with E-state index in [1.165, 1.54) is 18.4 Å². The molecule has 0 aliphatic carbocycles. The Kier molecular flexibility index (Phi) is 4.12. The van der Waals surface area contributed by atoms with Crippen molar-refractivity contribution in [3.8, 4) is 5.69 Å². The first kappa shape index (κ1) is 15.2. The Morgan fingerprint density at radius 1 is 1.30 bits per heavy atom. The average molecular weight is 329 g/mol. The molecule has 0 bridgehead atoms. The van der Waals surface area contributed by atoms with Crippen molar-refractivity contribution in [3.05, 3.63) is 47.0 Å². The molecule has 0 radical (unpaired) electrons. The van der Waals surface area contributed by atoms with Gasteiger partial charge in [0, 0.05) is 12.4 Å². The van der Waals surface area contributed by atoms with Crippen molar-refractivity contribution < 1.29 is 14.3 Å². The third kappa shape index (κ3) is 2.95. The fourth-order valence-electron chi connectivity index (χ4n) is 2.17. The van der Waals surface area contributed by atoms with Crippen LogP contribution < -0.4 is 5.32 Å². The van der Waals surface area contributed by atoms with E-state index in [2.05, 4.69) is 10.4 Å². The maximum Gasteiger partial charge on any atom is 0.348 e. The van der Waals surface area contributed by atoms with Crippen LogP contribution in [-0.2, 0) is 9.53 Å². The summed E-state index contributed by atoms with van der Waals surface area (Å²) in [6, 6.07) is 11.5. The van der Waals surface area contributed by atoms with Crippen LogP contribution in [0, 0.1) is 6.92 Å². The van der Waals surface area contributed by atoms with E-state index < -0.39 is 5.97 Å². The van der Waals surface area contributed by atoms with Gasteiger partial charge in [-0.3, -0.25) is 4.79 Å². The van der Waals surface area contributed by atoms with E-state index in [0.29, 0.717) is 4.88 Å². The number of esters is 1. The predicted octanol–water partition coefficient (Wildman–Crippen LogP) is 2.30. The van der Waals surface area contributed by atoms with Gasteiger partial charge in [0.1, 0.15) is 9.71 Å². The molecule has 0 atom stereocenters. The van der Waals surface area contributed by atoms with Gasteiger partial charge in [-0.1, -0.05) is 18.2 Å². The van der Waals surface area contributed by atoms with Gasteiger partial charge in [0.05, 0.1) is 11.4 Å². The van der Waals surface area contributed by atoms with Crippen LogP contribution in [-0.4, -0.2) is 35.3 Å². The van der Waals surface area contributed by atoms with E-state index in [1.807, 2.05) is 41.9 Å². The second kappa shape index (κ2) is 6.21. The Morgan fingerprint density at radius 2 is 2.04 bits per heavy atom. The van der Waals surface area contributed by atoms with Gasteiger partial charge < -0.3 is 10.1 Å². The Balaban J connectivity index is 1.93. The largest absolute Gasteiger partial charge is 0.451 e. The van der Waals surface area contributed by atoms with Crippen molar-refractivity contribution in [2.24, 2.45) is 0 Å². The third-order valence-corrected chi connectivity index (χ3v) is 4.45. The van der Waals surface area contributed by atoms with Gasteiger partial charge in [0.15, 0.2) is 6.61 Å². The van der Waals surface area contributed by atoms with E-state index >= 15 is 0 Å². The minimum absolute atomic E-state index is 0.284. The van der Waals surface area contributed by atoms with E-state index in [9.17, 15) is 9.59 Å². The number of hydrogen-bond acceptors (Lipinski definition) is 5. The standard InChI is InChI=1S/C16H15N3O3S/c1-10-12-8-13(16(21)22-9-14(20)17-2)23-15(12)19(18-10)11-6-4-3-5-7-11/h3-8H,9H2,1-2H3,(H,17,20). The molecule has 0 spiro atoms. The zero-order valence-electron chi connectivity index (χ0n) is 12.7. The van der Waals surface area contributed by atoms with Crippen LogP contribution in [0.2, 0.25) is 0 Å². The maximum atomic E-state index is 12.1. The molecule has 23 heavy (non-hydrogen) atoms. The molecule has 3 aromatic rings. The number of fused-ring (bicyclic) bond motifs is 1. The summed E-state index contributed by atoms with van der Waals surface area (Å²) in [5.41, 5.74) is 1.77. The van der Waals surface area contributed by atoms with Gasteiger partial charge in [0.25, 0.3) is 5.91 Å². The normalized spacial score (nSPS) is 10.7. The molecule has 2 aromatic heterocycles. The van der Waals surface area contributed by atoms with E-state index in [-0.39, 0.29) is 12.5 Å². The summed E-state index contributed by atoms with van der Waals surface area (Å²) < 4.78 is 6.81. The number of para-hydroxylation sites is 1. The van der Waals surface area contributed by atoms with Crippen LogP contribution in [0.3, 0.4) is 0 Å². The van der Waals surface area contributed by atoms with Crippen LogP contribution in [0.1, 0.15) is 15.4 Å². The lowest BCUT2D eigenvalue weighted by Crippen LogP contribution is -2.24. The summed E-state index contributed by atoms with van der Waals surface area (Å²) in [6.45, 7) is 1.61. The van der Waals surface area contributed by atoms with Gasteiger partial charge in [-0.15, -0.1) is 11.3 Å². The van der Waals surface area contributed by atoms with E-state index in [4.69, 9.17) is 4.74 Å². The molecular formula is C16H15N3O3S. The molecule has 1 N–H and O–H groups in total. The molecule has 1 amide bonds. The van der Waals surface area contributed by atoms with Crippen molar-refractivity contribution in [1.82, 2.24) is 15.1 Å². The molecule has 2 heterocycles. The fourth-order valence-corrected chi connectivity index (χ4v) is 3.24. The Labute approximate surface area is 136 Å². The topological polar surface area (TPSA) is 73.2 Å². The van der Waals surface area contributed by atoms with Gasteiger partial charge in [-0.25, -0.2) is 9.48 Å². The van der Waals surface area contributed by atoms with E-state index in [0.717, 1.165) is 21.6 Å². The van der Waals surface area contributed by atoms with Crippen molar-refractivity contribution in [2.75, 3.05) is 13.7 Å². The number of nitrogens with zero attached hydrogens (tertiary/aromatic N) is 2. The first-order valence-electron chi connectivity index (χ1n) is 7.02. The van der Waals surface area contributed by atoms with E-state index in [1.54, 1.807) is 6.07 Å². The van der Waals surface area contributed by atoms with Crippen LogP contribution in [0.25, 0.3) is 15.9 Å². The molecule has 118 valence electrons. The molecule has 7 heteroatoms. The number of benzene rings is 1. The second-order valence-electron chi connectivity index (χ2n) is 4.91. The monoisotopic (exact) mass is 329 g/mol. The molecule has 0 aliphatic rings. The smallest absolute Gasteiger partial charge is 0.348 e. The summed E-state index contributed by atoms with van der Waals surface area (Å²) in [5, 5.41) is 7.83. The number of rotatable bonds is 4. The first-order chi connectivity index (χ1) is 11.1. The number of aromatic nitrogens is 2. The molecule has 0 fully saturated rings. The average Bonchev–Trinajstić information content (AvgIpc) is 3.14. The molecule has 6 nitrogen and oxygen atoms in total. The first-order valence-corrected chi connectivity index (χ1v) is 7.84. The molecule has 1 aromatic carbocycles. The summed E-state index contributed by atoms with van der Waals surface area (Å²) in [7, 11) is 1.49. The lowest BCUT2D eigenvalue weighted by molar-refractivity contribution is -0.123. The zero-order valence-corrected chi connectivity index (χ0v) is 13.5. The number of thiophene rings is 1. The van der Waals surface area contributed by atoms with Crippen LogP contribution in [0.4, 0.5) is 0 Å². The number of carbonyl (C=O) groups excluding carboxylic acids is 2. The van der Waals surface area contributed by atoms with Gasteiger partial charge in [0.2, 0.25) is 0 Å². The molecular weight excluding hydrogens is 314 g/mol. The molecule has 0 aliphatic heterocycles. The summed E-state index contributed by atoms with van der Waals surface area (Å²) in [5.74, 6) is -0.847. The molecule has 3 rings (SSSR count). The number of aryl methyl sites for hydroxylation is 1. The van der Waals surface area contributed by atoms with Gasteiger partial charge in [-0.2, -0.15) is 5.10 Å². The van der Waals surface area contributed by atoms with Crippen molar-refractivity contribution in [1.29, 1.82) is 0 Å². The van der Waals surface area contributed by atoms with Crippen molar-refractivity contribution in [3.63, 3.8) is 0 Å². The highest BCUT2D eigenvalue weighted by molar-refractivity contribution is 7.20. The quantitative estimate of drug-likeness (QED) is 0.746. The SMILES string of the molecule is CNC(=O)COC(=O)c1cc2c(C)nn(-c3ccccc3)c2s1. The Hall–Kier alpha value is -2.67. The highest BCUT2D eigenvalue weighted by Gasteiger charge is 2.18. The molecule has 0 unspecified atom stereocenters. The molecule has 0 saturated carbocycles. The summed E-state index contributed by atoms with van der Waals surface area (Å²) in [6.07, 6.45) is 0. The maximum absolute atomic E-state index is 12.1. The Morgan fingerprint density at radius 3 is 2.74 bits per heavy atom. The minimum atomic E-state index is -0.506. The van der Waals surface area contributed by atoms with Gasteiger partial charge >= 0.3 is 5.97 Å². The third-order valence-electron chi connectivity index (χ3n) is 3.36. The fraction of sp³-hybridized carbons (Fsp3) is 0.188. The highest BCUT2D eigenvalue weighted by Crippen LogP contribution is 2.30. The number of carbonyl (C=O) groups is 2. The second-order valence-corrected chi connectivity index (χ2v) is 5.94. The lowest BCUT2D eigenvalue weighted by atomic mass is 10.3. The zero-order chi connectivity index (χ0) is 16.4. The summed E-state index contributed by atoms with van der Waals surface area (Å²) >= 11 is 1.30. The highest BCUT2D eigenvalue weighted by atomic mass is 32.1. The molecule has 0 saturated heterocycles. The van der Waals surface area contributed by atoms with Gasteiger partial charge in [-0.05, 0) is 25.1 Å². The number of likely N-dealkylation sites (N-methyl/N-ethyl adjacent to an activating group) is 1. The van der Waals surface area contributed by atoms with Crippen molar-refractivity contribution >= 4 is 33.4 Å².